The fraction of sp³-hybridized carbons (Fsp3) is 0.0909. The molecule has 1 amide bonds. The van der Waals surface area contributed by atoms with Crippen molar-refractivity contribution in [2.24, 2.45) is 0 Å². The van der Waals surface area contributed by atoms with Gasteiger partial charge in [-0.15, -0.1) is 11.3 Å². The van der Waals surface area contributed by atoms with Crippen molar-refractivity contribution >= 4 is 23.3 Å². The molecular weight excluding hydrogens is 370 g/mol. The zero-order chi connectivity index (χ0) is 19.2. The fourth-order valence-electron chi connectivity index (χ4n) is 2.83. The summed E-state index contributed by atoms with van der Waals surface area (Å²) in [5, 5.41) is 9.58. The van der Waals surface area contributed by atoms with Gasteiger partial charge < -0.3 is 9.73 Å². The lowest BCUT2D eigenvalue weighted by Gasteiger charge is -2.00. The topological polar surface area (TPSA) is 60.1 Å². The normalized spacial score (nSPS) is 11.1. The van der Waals surface area contributed by atoms with E-state index in [0.717, 1.165) is 21.9 Å². The van der Waals surface area contributed by atoms with Gasteiger partial charge in [0.25, 0.3) is 0 Å². The summed E-state index contributed by atoms with van der Waals surface area (Å²) >= 11 is 1.63. The SMILES string of the molecule is O=C(C=Cc1cn(Cc2ccccc2)nc1-c1cccs1)NCc1ccco1. The number of carbonyl (C=O) groups excluding carboxylic acids is 1. The molecule has 4 rings (SSSR count). The molecule has 1 aromatic carbocycles. The molecule has 1 N–H and O–H groups in total. The highest BCUT2D eigenvalue weighted by Crippen LogP contribution is 2.27. The van der Waals surface area contributed by atoms with Crippen LogP contribution in [0.3, 0.4) is 0 Å². The zero-order valence-corrected chi connectivity index (χ0v) is 15.9. The van der Waals surface area contributed by atoms with Crippen molar-refractivity contribution in [1.29, 1.82) is 0 Å². The van der Waals surface area contributed by atoms with Gasteiger partial charge in [0.1, 0.15) is 11.5 Å². The van der Waals surface area contributed by atoms with Crippen LogP contribution in [0.15, 0.2) is 82.9 Å². The van der Waals surface area contributed by atoms with E-state index in [0.29, 0.717) is 13.1 Å². The predicted octanol–water partition coefficient (Wildman–Crippen LogP) is 4.58. The first-order valence-electron chi connectivity index (χ1n) is 8.91. The predicted molar refractivity (Wildman–Crippen MR) is 111 cm³/mol. The van der Waals surface area contributed by atoms with Gasteiger partial charge >= 0.3 is 0 Å². The molecule has 0 fully saturated rings. The van der Waals surface area contributed by atoms with Crippen LogP contribution in [-0.4, -0.2) is 15.7 Å². The average Bonchev–Trinajstić information content (AvgIpc) is 3.47. The maximum Gasteiger partial charge on any atom is 0.244 e. The van der Waals surface area contributed by atoms with E-state index in [-0.39, 0.29) is 5.91 Å². The molecule has 140 valence electrons. The highest BCUT2D eigenvalue weighted by molar-refractivity contribution is 7.13. The number of carbonyl (C=O) groups is 1. The minimum Gasteiger partial charge on any atom is -0.467 e. The highest BCUT2D eigenvalue weighted by Gasteiger charge is 2.11. The molecule has 0 atom stereocenters. The maximum atomic E-state index is 12.1. The fourth-order valence-corrected chi connectivity index (χ4v) is 3.56. The number of aromatic nitrogens is 2. The molecule has 0 spiro atoms. The number of rotatable bonds is 7. The molecule has 3 aromatic heterocycles. The molecule has 28 heavy (non-hydrogen) atoms. The largest absolute Gasteiger partial charge is 0.467 e. The van der Waals surface area contributed by atoms with Gasteiger partial charge in [-0.25, -0.2) is 0 Å². The Balaban J connectivity index is 1.52. The van der Waals surface area contributed by atoms with Gasteiger partial charge in [-0.05, 0) is 35.2 Å². The van der Waals surface area contributed by atoms with Crippen LogP contribution < -0.4 is 5.32 Å². The Hall–Kier alpha value is -3.38. The number of hydrogen-bond donors (Lipinski definition) is 1. The molecule has 0 radical (unpaired) electrons. The van der Waals surface area contributed by atoms with Crippen LogP contribution in [0.4, 0.5) is 0 Å². The average molecular weight is 389 g/mol. The smallest absolute Gasteiger partial charge is 0.244 e. The van der Waals surface area contributed by atoms with Crippen molar-refractivity contribution in [3.63, 3.8) is 0 Å². The molecule has 0 aliphatic heterocycles. The Morgan fingerprint density at radius 3 is 2.79 bits per heavy atom. The van der Waals surface area contributed by atoms with Gasteiger partial charge in [-0.3, -0.25) is 9.48 Å². The van der Waals surface area contributed by atoms with Crippen LogP contribution in [0.25, 0.3) is 16.6 Å². The first-order chi connectivity index (χ1) is 13.8. The van der Waals surface area contributed by atoms with Gasteiger partial charge in [0.2, 0.25) is 5.91 Å². The van der Waals surface area contributed by atoms with Crippen molar-refractivity contribution in [2.75, 3.05) is 0 Å². The van der Waals surface area contributed by atoms with Crippen molar-refractivity contribution in [2.45, 2.75) is 13.1 Å². The van der Waals surface area contributed by atoms with E-state index in [1.807, 2.05) is 52.7 Å². The molecule has 4 aromatic rings. The number of nitrogens with one attached hydrogen (secondary N) is 1. The van der Waals surface area contributed by atoms with Gasteiger partial charge in [-0.2, -0.15) is 5.10 Å². The summed E-state index contributed by atoms with van der Waals surface area (Å²) in [4.78, 5) is 13.2. The summed E-state index contributed by atoms with van der Waals surface area (Å²) in [6, 6.07) is 17.8. The highest BCUT2D eigenvalue weighted by atomic mass is 32.1. The second-order valence-electron chi connectivity index (χ2n) is 6.22. The van der Waals surface area contributed by atoms with E-state index >= 15 is 0 Å². The lowest BCUT2D eigenvalue weighted by atomic mass is 10.2. The number of benzene rings is 1. The van der Waals surface area contributed by atoms with E-state index in [2.05, 4.69) is 17.4 Å². The zero-order valence-electron chi connectivity index (χ0n) is 15.1. The lowest BCUT2D eigenvalue weighted by molar-refractivity contribution is -0.116. The van der Waals surface area contributed by atoms with E-state index < -0.39 is 0 Å². The van der Waals surface area contributed by atoms with E-state index in [9.17, 15) is 4.79 Å². The number of nitrogens with zero attached hydrogens (tertiary/aromatic N) is 2. The Kier molecular flexibility index (Phi) is 5.49. The standard InChI is InChI=1S/C22H19N3O2S/c26-21(23-14-19-8-4-12-27-19)11-10-18-16-25(15-17-6-2-1-3-7-17)24-22(18)20-9-5-13-28-20/h1-13,16H,14-15H2,(H,23,26). The number of furan rings is 1. The van der Waals surface area contributed by atoms with Crippen molar-refractivity contribution < 1.29 is 9.21 Å². The summed E-state index contributed by atoms with van der Waals surface area (Å²) < 4.78 is 7.13. The van der Waals surface area contributed by atoms with Crippen LogP contribution in [0.1, 0.15) is 16.9 Å². The van der Waals surface area contributed by atoms with E-state index in [1.165, 1.54) is 11.6 Å². The Bertz CT molecular complexity index is 1050. The Morgan fingerprint density at radius 1 is 1.14 bits per heavy atom. The molecule has 0 saturated heterocycles. The van der Waals surface area contributed by atoms with E-state index in [4.69, 9.17) is 9.52 Å². The molecule has 0 bridgehead atoms. The summed E-state index contributed by atoms with van der Waals surface area (Å²) in [6.07, 6.45) is 6.90. The van der Waals surface area contributed by atoms with Crippen LogP contribution in [-0.2, 0) is 17.9 Å². The lowest BCUT2D eigenvalue weighted by Crippen LogP contribution is -2.19. The van der Waals surface area contributed by atoms with Gasteiger partial charge in [0, 0.05) is 17.8 Å². The van der Waals surface area contributed by atoms with Crippen LogP contribution in [0.5, 0.6) is 0 Å². The maximum absolute atomic E-state index is 12.1. The summed E-state index contributed by atoms with van der Waals surface area (Å²) in [5.41, 5.74) is 2.96. The monoisotopic (exact) mass is 389 g/mol. The second kappa shape index (κ2) is 8.54. The number of hydrogen-bond acceptors (Lipinski definition) is 4. The molecule has 6 heteroatoms. The first kappa shape index (κ1) is 18.0. The van der Waals surface area contributed by atoms with Crippen molar-refractivity contribution in [3.05, 3.63) is 95.4 Å². The Labute approximate surface area is 166 Å². The summed E-state index contributed by atoms with van der Waals surface area (Å²) in [6.45, 7) is 1.04. The molecule has 0 aliphatic rings. The molecule has 5 nitrogen and oxygen atoms in total. The molecular formula is C22H19N3O2S. The Morgan fingerprint density at radius 2 is 2.04 bits per heavy atom. The van der Waals surface area contributed by atoms with Crippen LogP contribution in [0.2, 0.25) is 0 Å². The van der Waals surface area contributed by atoms with Crippen molar-refractivity contribution in [3.8, 4) is 10.6 Å². The third-order valence-corrected chi connectivity index (χ3v) is 5.04. The quantitative estimate of drug-likeness (QED) is 0.471. The van der Waals surface area contributed by atoms with E-state index in [1.54, 1.807) is 29.7 Å². The van der Waals surface area contributed by atoms with Crippen LogP contribution >= 0.6 is 11.3 Å². The number of thiophene rings is 1. The van der Waals surface area contributed by atoms with Gasteiger partial charge in [-0.1, -0.05) is 36.4 Å². The summed E-state index contributed by atoms with van der Waals surface area (Å²) in [5.74, 6) is 0.543. The van der Waals surface area contributed by atoms with Gasteiger partial charge in [0.05, 0.1) is 24.2 Å². The number of amides is 1. The third-order valence-electron chi connectivity index (χ3n) is 4.16. The van der Waals surface area contributed by atoms with Gasteiger partial charge in [0.15, 0.2) is 0 Å². The minimum atomic E-state index is -0.177. The molecule has 3 heterocycles. The summed E-state index contributed by atoms with van der Waals surface area (Å²) in [7, 11) is 0. The molecule has 0 aliphatic carbocycles. The van der Waals surface area contributed by atoms with Crippen LogP contribution in [0, 0.1) is 0 Å². The molecule has 0 saturated carbocycles. The molecule has 0 unspecified atom stereocenters. The van der Waals surface area contributed by atoms with Crippen molar-refractivity contribution in [1.82, 2.24) is 15.1 Å². The minimum absolute atomic E-state index is 0.177. The first-order valence-corrected chi connectivity index (χ1v) is 9.79. The third kappa shape index (κ3) is 4.47. The second-order valence-corrected chi connectivity index (χ2v) is 7.17.